The Bertz CT molecular complexity index is 30.8. The molecule has 1 radical (unpaired) electrons. The molecule has 5 heavy (non-hydrogen) atoms. The fourth-order valence-electron chi connectivity index (χ4n) is 0.0241. The van der Waals surface area contributed by atoms with E-state index in [2.05, 4.69) is 5.14 Å². The molecule has 0 fully saturated rings. The van der Waals surface area contributed by atoms with Gasteiger partial charge in [0, 0.05) is 12.1 Å². The highest BCUT2D eigenvalue weighted by Crippen LogP contribution is 1.62. The molecule has 29 valence electrons. The van der Waals surface area contributed by atoms with E-state index in [0.717, 1.165) is 12.1 Å². The number of hydrogen-bond donors (Lipinski definition) is 2. The molecule has 3 N–H and O–H groups in total. The molecule has 0 saturated heterocycles. The molecular formula is CH3N2OS. The minimum Gasteiger partial charge on any atom is -0.279 e. The topological polar surface area (TPSA) is 55.1 Å². The maximum Gasteiger partial charge on any atom is 0.321 e. The van der Waals surface area contributed by atoms with Crippen molar-refractivity contribution >= 4 is 18.5 Å². The maximum absolute atomic E-state index is 9.07. The minimum atomic E-state index is 0.728. The van der Waals surface area contributed by atoms with Crippen LogP contribution in [0.2, 0.25) is 0 Å². The summed E-state index contributed by atoms with van der Waals surface area (Å²) in [5.41, 5.74) is 0. The summed E-state index contributed by atoms with van der Waals surface area (Å²) in [6.07, 6.45) is 1.36. The van der Waals surface area contributed by atoms with Gasteiger partial charge < -0.3 is 0 Å². The van der Waals surface area contributed by atoms with Crippen molar-refractivity contribution in [2.75, 3.05) is 0 Å². The van der Waals surface area contributed by atoms with Crippen molar-refractivity contribution < 1.29 is 4.79 Å². The summed E-state index contributed by atoms with van der Waals surface area (Å²) in [4.78, 5) is 9.07. The van der Waals surface area contributed by atoms with E-state index in [-0.39, 0.29) is 0 Å². The SMILES string of the molecule is NSN[C]=O. The Morgan fingerprint density at radius 2 is 2.60 bits per heavy atom. The molecule has 0 aliphatic carbocycles. The quantitative estimate of drug-likeness (QED) is 0.344. The predicted molar refractivity (Wildman–Crippen MR) is 20.6 cm³/mol. The first-order chi connectivity index (χ1) is 2.41. The van der Waals surface area contributed by atoms with Gasteiger partial charge in [0.15, 0.2) is 0 Å². The van der Waals surface area contributed by atoms with Gasteiger partial charge in [-0.3, -0.25) is 14.7 Å². The van der Waals surface area contributed by atoms with Crippen LogP contribution in [0.5, 0.6) is 0 Å². The van der Waals surface area contributed by atoms with Gasteiger partial charge in [-0.15, -0.1) is 0 Å². The van der Waals surface area contributed by atoms with Crippen LogP contribution in [-0.2, 0) is 4.79 Å². The third-order valence-electron chi connectivity index (χ3n) is 0.101. The number of hydrogen-bond acceptors (Lipinski definition) is 3. The zero-order valence-electron chi connectivity index (χ0n) is 2.39. The Labute approximate surface area is 34.2 Å². The van der Waals surface area contributed by atoms with Gasteiger partial charge in [-0.25, -0.2) is 0 Å². The van der Waals surface area contributed by atoms with Crippen LogP contribution in [0.1, 0.15) is 0 Å². The van der Waals surface area contributed by atoms with E-state index in [0.29, 0.717) is 0 Å². The first-order valence-electron chi connectivity index (χ1n) is 0.894. The molecule has 0 atom stereocenters. The Balaban J connectivity index is 2.40. The van der Waals surface area contributed by atoms with Gasteiger partial charge in [-0.1, -0.05) is 0 Å². The average molecular weight is 91.1 g/mol. The van der Waals surface area contributed by atoms with Gasteiger partial charge >= 0.3 is 6.41 Å². The van der Waals surface area contributed by atoms with Crippen molar-refractivity contribution in [3.63, 3.8) is 0 Å². The first-order valence-corrected chi connectivity index (χ1v) is 1.77. The summed E-state index contributed by atoms with van der Waals surface area (Å²) in [6, 6.07) is 0. The molecule has 3 nitrogen and oxygen atoms in total. The van der Waals surface area contributed by atoms with Crippen molar-refractivity contribution in [2.45, 2.75) is 0 Å². The Morgan fingerprint density at radius 1 is 2.00 bits per heavy atom. The van der Waals surface area contributed by atoms with Crippen LogP contribution in [0, 0.1) is 0 Å². The van der Waals surface area contributed by atoms with Gasteiger partial charge in [0.2, 0.25) is 0 Å². The Kier molecular flexibility index (Phi) is 3.61. The number of carbonyl (C=O) groups excluding carboxylic acids is 1. The Morgan fingerprint density at radius 3 is 2.60 bits per heavy atom. The molecule has 1 amide bonds. The second kappa shape index (κ2) is 3.78. The van der Waals surface area contributed by atoms with Crippen molar-refractivity contribution in [3.8, 4) is 0 Å². The van der Waals surface area contributed by atoms with Gasteiger partial charge in [-0.05, 0) is 0 Å². The van der Waals surface area contributed by atoms with Crippen LogP contribution in [0.15, 0.2) is 0 Å². The normalized spacial score (nSPS) is 6.60. The van der Waals surface area contributed by atoms with Crippen LogP contribution >= 0.6 is 12.1 Å². The highest BCUT2D eigenvalue weighted by Gasteiger charge is 1.63. The minimum absolute atomic E-state index is 0.728. The molecule has 4 heteroatoms. The molecule has 0 aromatic rings. The van der Waals surface area contributed by atoms with E-state index >= 15 is 0 Å². The predicted octanol–water partition coefficient (Wildman–Crippen LogP) is -0.835. The second-order valence-electron chi connectivity index (χ2n) is 0.322. The summed E-state index contributed by atoms with van der Waals surface area (Å²) >= 11 is 0.728. The van der Waals surface area contributed by atoms with Crippen molar-refractivity contribution in [3.05, 3.63) is 0 Å². The number of nitrogens with one attached hydrogen (secondary N) is 1. The molecule has 0 aromatic heterocycles. The molecular weight excluding hydrogens is 88.1 g/mol. The zero-order valence-corrected chi connectivity index (χ0v) is 3.21. The van der Waals surface area contributed by atoms with Gasteiger partial charge in [0.05, 0.1) is 0 Å². The van der Waals surface area contributed by atoms with Gasteiger partial charge in [-0.2, -0.15) is 0 Å². The molecule has 0 spiro atoms. The van der Waals surface area contributed by atoms with Crippen molar-refractivity contribution in [2.24, 2.45) is 5.14 Å². The highest BCUT2D eigenvalue weighted by atomic mass is 32.2. The van der Waals surface area contributed by atoms with Gasteiger partial charge in [0.25, 0.3) is 0 Å². The first kappa shape index (κ1) is 4.78. The average Bonchev–Trinajstić information content (AvgIpc) is 1.41. The van der Waals surface area contributed by atoms with Gasteiger partial charge in [0.1, 0.15) is 0 Å². The lowest BCUT2D eigenvalue weighted by molar-refractivity contribution is 0.554. The highest BCUT2D eigenvalue weighted by molar-refractivity contribution is 7.95. The van der Waals surface area contributed by atoms with E-state index in [1.165, 1.54) is 6.41 Å². The van der Waals surface area contributed by atoms with Crippen LogP contribution < -0.4 is 9.86 Å². The molecule has 0 aliphatic rings. The lowest BCUT2D eigenvalue weighted by Gasteiger charge is -1.75. The van der Waals surface area contributed by atoms with Crippen LogP contribution in [-0.4, -0.2) is 6.41 Å². The zero-order chi connectivity index (χ0) is 4.12. The summed E-state index contributed by atoms with van der Waals surface area (Å²) in [6.45, 7) is 0. The summed E-state index contributed by atoms with van der Waals surface area (Å²) in [7, 11) is 0. The molecule has 0 unspecified atom stereocenters. The third kappa shape index (κ3) is 3.78. The number of nitrogens with two attached hydrogens (primary N) is 1. The fourth-order valence-corrected chi connectivity index (χ4v) is 0.0722. The molecule has 0 saturated carbocycles. The molecule has 0 rings (SSSR count). The summed E-state index contributed by atoms with van der Waals surface area (Å²) in [5.74, 6) is 0. The molecule has 0 bridgehead atoms. The van der Waals surface area contributed by atoms with Crippen LogP contribution in [0.4, 0.5) is 0 Å². The van der Waals surface area contributed by atoms with E-state index in [1.54, 1.807) is 0 Å². The largest absolute Gasteiger partial charge is 0.321 e. The number of rotatable bonds is 2. The molecule has 0 heterocycles. The second-order valence-corrected chi connectivity index (χ2v) is 0.762. The standard InChI is InChI=1S/CH3N2OS/c2-5-3-1-4/h2H2,(H,3,4). The van der Waals surface area contributed by atoms with Crippen LogP contribution in [0.25, 0.3) is 0 Å². The van der Waals surface area contributed by atoms with E-state index < -0.39 is 0 Å². The van der Waals surface area contributed by atoms with Crippen molar-refractivity contribution in [1.29, 1.82) is 0 Å². The Hall–Kier alpha value is -0.220. The van der Waals surface area contributed by atoms with Crippen molar-refractivity contribution in [1.82, 2.24) is 4.72 Å². The van der Waals surface area contributed by atoms with E-state index in [4.69, 9.17) is 4.79 Å². The maximum atomic E-state index is 9.07. The third-order valence-corrected chi connectivity index (χ3v) is 0.302. The van der Waals surface area contributed by atoms with Crippen LogP contribution in [0.3, 0.4) is 0 Å². The summed E-state index contributed by atoms with van der Waals surface area (Å²) < 4.78 is 2.00. The summed E-state index contributed by atoms with van der Waals surface area (Å²) in [5, 5.41) is 4.68. The smallest absolute Gasteiger partial charge is 0.279 e. The lowest BCUT2D eigenvalue weighted by atomic mass is 11.5. The molecule has 0 aromatic carbocycles. The lowest BCUT2D eigenvalue weighted by Crippen LogP contribution is -2.00. The van der Waals surface area contributed by atoms with E-state index in [1.807, 2.05) is 4.72 Å². The monoisotopic (exact) mass is 91.0 g/mol. The van der Waals surface area contributed by atoms with E-state index in [9.17, 15) is 0 Å². The number of amides is 1. The fraction of sp³-hybridized carbons (Fsp3) is 0. The molecule has 0 aliphatic heterocycles.